The van der Waals surface area contributed by atoms with Gasteiger partial charge in [0.15, 0.2) is 15.9 Å². The maximum atomic E-state index is 12.2. The second-order valence-electron chi connectivity index (χ2n) is 4.83. The molecule has 0 aliphatic carbocycles. The largest absolute Gasteiger partial charge is 0.479 e. The van der Waals surface area contributed by atoms with Crippen molar-refractivity contribution >= 4 is 21.7 Å². The summed E-state index contributed by atoms with van der Waals surface area (Å²) in [7, 11) is -3.39. The van der Waals surface area contributed by atoms with Crippen LogP contribution in [0.1, 0.15) is 19.3 Å². The topological polar surface area (TPSA) is 101 Å². The summed E-state index contributed by atoms with van der Waals surface area (Å²) in [5.41, 5.74) is 0. The summed E-state index contributed by atoms with van der Waals surface area (Å²) in [6.07, 6.45) is 0.565. The fourth-order valence-corrected chi connectivity index (χ4v) is 4.31. The van der Waals surface area contributed by atoms with Crippen molar-refractivity contribution in [1.29, 1.82) is 0 Å². The van der Waals surface area contributed by atoms with E-state index in [0.29, 0.717) is 19.3 Å². The van der Waals surface area contributed by atoms with E-state index in [2.05, 4.69) is 0 Å². The van der Waals surface area contributed by atoms with E-state index in [-0.39, 0.29) is 25.4 Å². The van der Waals surface area contributed by atoms with Crippen molar-refractivity contribution in [2.24, 2.45) is 0 Å². The molecule has 2 heterocycles. The first-order valence-electron chi connectivity index (χ1n) is 6.26. The lowest BCUT2D eigenvalue weighted by molar-refractivity contribution is -0.159. The fourth-order valence-electron chi connectivity index (χ4n) is 2.43. The van der Waals surface area contributed by atoms with Crippen LogP contribution in [0.2, 0.25) is 0 Å². The molecule has 0 aromatic heterocycles. The van der Waals surface area contributed by atoms with E-state index in [1.165, 1.54) is 4.90 Å². The molecule has 7 nitrogen and oxygen atoms in total. The maximum Gasteiger partial charge on any atom is 0.334 e. The van der Waals surface area contributed by atoms with Crippen LogP contribution >= 0.6 is 0 Å². The van der Waals surface area contributed by atoms with Gasteiger partial charge in [0.05, 0.1) is 18.9 Å². The zero-order chi connectivity index (χ0) is 14.0. The van der Waals surface area contributed by atoms with Crippen LogP contribution in [0.4, 0.5) is 0 Å². The van der Waals surface area contributed by atoms with Crippen molar-refractivity contribution in [3.8, 4) is 0 Å². The lowest BCUT2D eigenvalue weighted by atomic mass is 10.1. The van der Waals surface area contributed by atoms with Crippen LogP contribution in [-0.4, -0.2) is 67.1 Å². The first kappa shape index (κ1) is 14.3. The quantitative estimate of drug-likeness (QED) is 0.719. The molecular formula is C11H17NO6S. The Morgan fingerprint density at radius 1 is 1.26 bits per heavy atom. The van der Waals surface area contributed by atoms with Gasteiger partial charge in [-0.3, -0.25) is 4.79 Å². The van der Waals surface area contributed by atoms with E-state index in [1.54, 1.807) is 0 Å². The Hall–Kier alpha value is -1.15. The van der Waals surface area contributed by atoms with Gasteiger partial charge in [-0.25, -0.2) is 13.2 Å². The zero-order valence-electron chi connectivity index (χ0n) is 10.4. The molecule has 0 aromatic rings. The van der Waals surface area contributed by atoms with Crippen molar-refractivity contribution in [3.05, 3.63) is 0 Å². The molecule has 1 amide bonds. The number of carbonyl (C=O) groups is 2. The Morgan fingerprint density at radius 2 is 2.00 bits per heavy atom. The highest BCUT2D eigenvalue weighted by Gasteiger charge is 2.39. The third-order valence-electron chi connectivity index (χ3n) is 3.51. The third-order valence-corrected chi connectivity index (χ3v) is 5.67. The Bertz CT molecular complexity index is 474. The second-order valence-corrected chi connectivity index (χ2v) is 7.14. The monoisotopic (exact) mass is 291 g/mol. The van der Waals surface area contributed by atoms with Crippen LogP contribution in [-0.2, 0) is 24.2 Å². The Morgan fingerprint density at radius 3 is 2.63 bits per heavy atom. The van der Waals surface area contributed by atoms with Crippen LogP contribution in [0.3, 0.4) is 0 Å². The van der Waals surface area contributed by atoms with Crippen molar-refractivity contribution in [2.45, 2.75) is 30.6 Å². The molecule has 0 spiro atoms. The van der Waals surface area contributed by atoms with E-state index < -0.39 is 33.1 Å². The second kappa shape index (κ2) is 5.46. The highest BCUT2D eigenvalue weighted by atomic mass is 32.2. The molecule has 2 rings (SSSR count). The summed E-state index contributed by atoms with van der Waals surface area (Å²) >= 11 is 0. The molecule has 19 heavy (non-hydrogen) atoms. The molecule has 8 heteroatoms. The molecule has 2 atom stereocenters. The SMILES string of the molecule is O=C(O)C1CN(C(=O)C2CCCCS2(=O)=O)CCO1. The summed E-state index contributed by atoms with van der Waals surface area (Å²) in [5.74, 6) is -1.57. The number of hydrogen-bond acceptors (Lipinski definition) is 5. The number of morpholine rings is 1. The Kier molecular flexibility index (Phi) is 4.10. The number of aliphatic carboxylic acids is 1. The van der Waals surface area contributed by atoms with E-state index in [9.17, 15) is 18.0 Å². The first-order chi connectivity index (χ1) is 8.92. The number of ether oxygens (including phenoxy) is 1. The van der Waals surface area contributed by atoms with Gasteiger partial charge >= 0.3 is 5.97 Å². The molecule has 2 aliphatic heterocycles. The predicted octanol–water partition coefficient (Wildman–Crippen LogP) is -0.734. The number of rotatable bonds is 2. The molecule has 0 bridgehead atoms. The molecule has 0 saturated carbocycles. The van der Waals surface area contributed by atoms with Gasteiger partial charge in [0.2, 0.25) is 5.91 Å². The molecule has 0 aromatic carbocycles. The number of carboxylic acid groups (broad SMARTS) is 1. The summed E-state index contributed by atoms with van der Waals surface area (Å²) < 4.78 is 28.8. The minimum absolute atomic E-state index is 0.0378. The lowest BCUT2D eigenvalue weighted by Crippen LogP contribution is -2.53. The van der Waals surface area contributed by atoms with E-state index in [1.807, 2.05) is 0 Å². The van der Waals surface area contributed by atoms with Crippen molar-refractivity contribution in [2.75, 3.05) is 25.4 Å². The van der Waals surface area contributed by atoms with Crippen LogP contribution in [0.5, 0.6) is 0 Å². The van der Waals surface area contributed by atoms with Gasteiger partial charge in [0, 0.05) is 6.54 Å². The molecule has 2 unspecified atom stereocenters. The molecule has 2 fully saturated rings. The number of carbonyl (C=O) groups excluding carboxylic acids is 1. The molecule has 0 radical (unpaired) electrons. The Balaban J connectivity index is 2.08. The average Bonchev–Trinajstić information content (AvgIpc) is 2.37. The van der Waals surface area contributed by atoms with Crippen molar-refractivity contribution in [1.82, 2.24) is 4.90 Å². The summed E-state index contributed by atoms with van der Waals surface area (Å²) in [6, 6.07) is 0. The molecule has 1 N–H and O–H groups in total. The van der Waals surface area contributed by atoms with Gasteiger partial charge in [-0.05, 0) is 12.8 Å². The summed E-state index contributed by atoms with van der Waals surface area (Å²) in [6.45, 7) is 0.282. The maximum absolute atomic E-state index is 12.2. The van der Waals surface area contributed by atoms with Crippen molar-refractivity contribution < 1.29 is 27.9 Å². The van der Waals surface area contributed by atoms with Crippen LogP contribution in [0, 0.1) is 0 Å². The molecular weight excluding hydrogens is 274 g/mol. The van der Waals surface area contributed by atoms with Gasteiger partial charge in [-0.15, -0.1) is 0 Å². The van der Waals surface area contributed by atoms with E-state index in [4.69, 9.17) is 9.84 Å². The number of carboxylic acids is 1. The average molecular weight is 291 g/mol. The van der Waals surface area contributed by atoms with Crippen LogP contribution in [0.15, 0.2) is 0 Å². The highest BCUT2D eigenvalue weighted by Crippen LogP contribution is 2.22. The Labute approximate surface area is 111 Å². The number of sulfone groups is 1. The minimum Gasteiger partial charge on any atom is -0.479 e. The fraction of sp³-hybridized carbons (Fsp3) is 0.818. The van der Waals surface area contributed by atoms with E-state index >= 15 is 0 Å². The smallest absolute Gasteiger partial charge is 0.334 e. The lowest BCUT2D eigenvalue weighted by Gasteiger charge is -2.34. The molecule has 2 aliphatic rings. The number of hydrogen-bond donors (Lipinski definition) is 1. The highest BCUT2D eigenvalue weighted by molar-refractivity contribution is 7.92. The summed E-state index contributed by atoms with van der Waals surface area (Å²) in [4.78, 5) is 24.4. The first-order valence-corrected chi connectivity index (χ1v) is 7.98. The van der Waals surface area contributed by atoms with Crippen LogP contribution in [0.25, 0.3) is 0 Å². The van der Waals surface area contributed by atoms with Gasteiger partial charge in [-0.2, -0.15) is 0 Å². The number of nitrogens with zero attached hydrogens (tertiary/aromatic N) is 1. The normalized spacial score (nSPS) is 30.8. The van der Waals surface area contributed by atoms with Crippen molar-refractivity contribution in [3.63, 3.8) is 0 Å². The predicted molar refractivity (Wildman–Crippen MR) is 65.4 cm³/mol. The summed E-state index contributed by atoms with van der Waals surface area (Å²) in [5, 5.41) is 7.86. The molecule has 108 valence electrons. The third kappa shape index (κ3) is 3.06. The number of amides is 1. The van der Waals surface area contributed by atoms with Gasteiger partial charge < -0.3 is 14.7 Å². The van der Waals surface area contributed by atoms with Gasteiger partial charge in [-0.1, -0.05) is 6.42 Å². The van der Waals surface area contributed by atoms with Gasteiger partial charge in [0.25, 0.3) is 0 Å². The zero-order valence-corrected chi connectivity index (χ0v) is 11.3. The van der Waals surface area contributed by atoms with Crippen LogP contribution < -0.4 is 0 Å². The molecule has 2 saturated heterocycles. The van der Waals surface area contributed by atoms with Gasteiger partial charge in [0.1, 0.15) is 5.25 Å². The van der Waals surface area contributed by atoms with E-state index in [0.717, 1.165) is 0 Å². The minimum atomic E-state index is -3.39. The standard InChI is InChI=1S/C11H17NO6S/c13-10(9-3-1-2-6-19(9,16)17)12-4-5-18-8(7-12)11(14)15/h8-9H,1-7H2,(H,14,15).